The predicted molar refractivity (Wildman–Crippen MR) is 112 cm³/mol. The van der Waals surface area contributed by atoms with Crippen molar-refractivity contribution in [2.24, 2.45) is 5.92 Å². The maximum atomic E-state index is 14.0. The van der Waals surface area contributed by atoms with Gasteiger partial charge in [-0.3, -0.25) is 0 Å². The van der Waals surface area contributed by atoms with Gasteiger partial charge in [-0.25, -0.2) is 4.39 Å². The fourth-order valence-electron chi connectivity index (χ4n) is 4.19. The Morgan fingerprint density at radius 2 is 1.81 bits per heavy atom. The standard InChI is InChI=1S/C24H27FN2/c1-17(20-12-13-23(25)22-10-4-3-9-21(20)22)26-14-6-7-18-15-19-8-2-5-11-24(19)27-16-18/h2-5,8-13,17-18,26-27H,6-7,14-16H2,1H3. The number of nitrogens with one attached hydrogen (secondary N) is 2. The van der Waals surface area contributed by atoms with Crippen LogP contribution in [0.2, 0.25) is 0 Å². The van der Waals surface area contributed by atoms with Gasteiger partial charge in [-0.05, 0) is 67.3 Å². The molecule has 0 saturated heterocycles. The van der Waals surface area contributed by atoms with Crippen LogP contribution in [0.15, 0.2) is 60.7 Å². The molecule has 0 spiro atoms. The number of hydrogen-bond acceptors (Lipinski definition) is 2. The van der Waals surface area contributed by atoms with E-state index in [1.54, 1.807) is 6.07 Å². The van der Waals surface area contributed by atoms with Crippen LogP contribution < -0.4 is 10.6 Å². The zero-order valence-corrected chi connectivity index (χ0v) is 15.8. The van der Waals surface area contributed by atoms with Gasteiger partial charge in [0.05, 0.1) is 0 Å². The maximum absolute atomic E-state index is 14.0. The van der Waals surface area contributed by atoms with Gasteiger partial charge in [-0.2, -0.15) is 0 Å². The van der Waals surface area contributed by atoms with E-state index in [-0.39, 0.29) is 11.9 Å². The molecule has 4 rings (SSSR count). The molecule has 2 nitrogen and oxygen atoms in total. The van der Waals surface area contributed by atoms with Gasteiger partial charge >= 0.3 is 0 Å². The van der Waals surface area contributed by atoms with E-state index < -0.39 is 0 Å². The van der Waals surface area contributed by atoms with Crippen LogP contribution in [0.3, 0.4) is 0 Å². The second-order valence-electron chi connectivity index (χ2n) is 7.61. The van der Waals surface area contributed by atoms with Gasteiger partial charge in [0.15, 0.2) is 0 Å². The third-order valence-corrected chi connectivity index (χ3v) is 5.72. The fraction of sp³-hybridized carbons (Fsp3) is 0.333. The molecule has 0 saturated carbocycles. The first kappa shape index (κ1) is 18.0. The summed E-state index contributed by atoms with van der Waals surface area (Å²) in [5, 5.41) is 8.89. The number of rotatable bonds is 6. The molecule has 0 aliphatic carbocycles. The molecular weight excluding hydrogens is 335 g/mol. The summed E-state index contributed by atoms with van der Waals surface area (Å²) < 4.78 is 14.0. The van der Waals surface area contributed by atoms with Gasteiger partial charge in [-0.1, -0.05) is 48.5 Å². The van der Waals surface area contributed by atoms with Crippen molar-refractivity contribution in [1.29, 1.82) is 0 Å². The third-order valence-electron chi connectivity index (χ3n) is 5.72. The van der Waals surface area contributed by atoms with Crippen molar-refractivity contribution in [3.8, 4) is 0 Å². The summed E-state index contributed by atoms with van der Waals surface area (Å²) in [4.78, 5) is 0. The summed E-state index contributed by atoms with van der Waals surface area (Å²) in [7, 11) is 0. The quantitative estimate of drug-likeness (QED) is 0.550. The molecule has 0 fully saturated rings. The lowest BCUT2D eigenvalue weighted by molar-refractivity contribution is 0.453. The van der Waals surface area contributed by atoms with Crippen LogP contribution in [-0.4, -0.2) is 13.1 Å². The minimum absolute atomic E-state index is 0.147. The number of hydrogen-bond donors (Lipinski definition) is 2. The molecule has 0 amide bonds. The van der Waals surface area contributed by atoms with Gasteiger partial charge in [0.25, 0.3) is 0 Å². The molecule has 0 bridgehead atoms. The smallest absolute Gasteiger partial charge is 0.131 e. The Bertz CT molecular complexity index is 921. The molecule has 2 unspecified atom stereocenters. The number of anilines is 1. The molecule has 27 heavy (non-hydrogen) atoms. The summed E-state index contributed by atoms with van der Waals surface area (Å²) in [6.07, 6.45) is 3.53. The van der Waals surface area contributed by atoms with E-state index in [1.807, 2.05) is 30.3 Å². The highest BCUT2D eigenvalue weighted by molar-refractivity contribution is 5.86. The van der Waals surface area contributed by atoms with Crippen molar-refractivity contribution >= 4 is 16.5 Å². The van der Waals surface area contributed by atoms with Gasteiger partial charge in [0.1, 0.15) is 5.82 Å². The van der Waals surface area contributed by atoms with Crippen LogP contribution in [-0.2, 0) is 6.42 Å². The van der Waals surface area contributed by atoms with Crippen LogP contribution in [0, 0.1) is 11.7 Å². The van der Waals surface area contributed by atoms with Crippen molar-refractivity contribution in [2.45, 2.75) is 32.2 Å². The number of fused-ring (bicyclic) bond motifs is 2. The second kappa shape index (κ2) is 8.10. The van der Waals surface area contributed by atoms with E-state index in [9.17, 15) is 4.39 Å². The molecule has 3 aromatic carbocycles. The molecular formula is C24H27FN2. The zero-order chi connectivity index (χ0) is 18.6. The average molecular weight is 362 g/mol. The highest BCUT2D eigenvalue weighted by Crippen LogP contribution is 2.28. The summed E-state index contributed by atoms with van der Waals surface area (Å²) in [5.74, 6) is 0.551. The van der Waals surface area contributed by atoms with Crippen LogP contribution in [0.1, 0.15) is 36.9 Å². The average Bonchev–Trinajstić information content (AvgIpc) is 2.71. The monoisotopic (exact) mass is 362 g/mol. The molecule has 3 heteroatoms. The lowest BCUT2D eigenvalue weighted by Crippen LogP contribution is -2.25. The molecule has 140 valence electrons. The predicted octanol–water partition coefficient (Wildman–Crippen LogP) is 5.69. The topological polar surface area (TPSA) is 24.1 Å². The molecule has 0 radical (unpaired) electrons. The molecule has 0 aromatic heterocycles. The summed E-state index contributed by atoms with van der Waals surface area (Å²) in [5.41, 5.74) is 3.90. The Balaban J connectivity index is 1.31. The van der Waals surface area contributed by atoms with E-state index in [4.69, 9.17) is 0 Å². The summed E-state index contributed by atoms with van der Waals surface area (Å²) >= 11 is 0. The Labute approximate surface area is 160 Å². The van der Waals surface area contributed by atoms with Crippen molar-refractivity contribution in [3.63, 3.8) is 0 Å². The minimum Gasteiger partial charge on any atom is -0.385 e. The highest BCUT2D eigenvalue weighted by atomic mass is 19.1. The van der Waals surface area contributed by atoms with Crippen molar-refractivity contribution in [2.75, 3.05) is 18.4 Å². The van der Waals surface area contributed by atoms with Gasteiger partial charge in [0, 0.05) is 23.7 Å². The first-order chi connectivity index (χ1) is 13.2. The van der Waals surface area contributed by atoms with Crippen LogP contribution in [0.5, 0.6) is 0 Å². The Kier molecular flexibility index (Phi) is 5.40. The summed E-state index contributed by atoms with van der Waals surface area (Å²) in [6, 6.07) is 20.1. The first-order valence-corrected chi connectivity index (χ1v) is 9.94. The molecule has 1 heterocycles. The SMILES string of the molecule is CC(NCCCC1CNc2ccccc2C1)c1ccc(F)c2ccccc12. The second-order valence-corrected chi connectivity index (χ2v) is 7.61. The Hall–Kier alpha value is -2.39. The lowest BCUT2D eigenvalue weighted by atomic mass is 9.90. The van der Waals surface area contributed by atoms with Crippen molar-refractivity contribution in [3.05, 3.63) is 77.6 Å². The molecule has 1 aliphatic rings. The van der Waals surface area contributed by atoms with Crippen molar-refractivity contribution < 1.29 is 4.39 Å². The Morgan fingerprint density at radius 3 is 2.70 bits per heavy atom. The number of para-hydroxylation sites is 1. The van der Waals surface area contributed by atoms with Crippen LogP contribution in [0.4, 0.5) is 10.1 Å². The maximum Gasteiger partial charge on any atom is 0.131 e. The lowest BCUT2D eigenvalue weighted by Gasteiger charge is -2.26. The molecule has 2 atom stereocenters. The number of halogens is 1. The van der Waals surface area contributed by atoms with Crippen LogP contribution in [0.25, 0.3) is 10.8 Å². The van der Waals surface area contributed by atoms with E-state index in [1.165, 1.54) is 29.7 Å². The largest absolute Gasteiger partial charge is 0.385 e. The normalized spacial score (nSPS) is 17.3. The van der Waals surface area contributed by atoms with E-state index in [0.29, 0.717) is 11.3 Å². The van der Waals surface area contributed by atoms with Gasteiger partial charge in [0.2, 0.25) is 0 Å². The molecule has 1 aliphatic heterocycles. The third kappa shape index (κ3) is 3.98. The van der Waals surface area contributed by atoms with E-state index >= 15 is 0 Å². The molecule has 2 N–H and O–H groups in total. The minimum atomic E-state index is -0.147. The zero-order valence-electron chi connectivity index (χ0n) is 15.8. The number of benzene rings is 3. The van der Waals surface area contributed by atoms with Crippen LogP contribution >= 0.6 is 0 Å². The summed E-state index contributed by atoms with van der Waals surface area (Å²) in [6.45, 7) is 4.21. The van der Waals surface area contributed by atoms with Crippen molar-refractivity contribution in [1.82, 2.24) is 5.32 Å². The highest BCUT2D eigenvalue weighted by Gasteiger charge is 2.17. The van der Waals surface area contributed by atoms with E-state index in [0.717, 1.165) is 24.9 Å². The fourth-order valence-corrected chi connectivity index (χ4v) is 4.19. The first-order valence-electron chi connectivity index (χ1n) is 9.94. The Morgan fingerprint density at radius 1 is 1.04 bits per heavy atom. The molecule has 3 aromatic rings. The van der Waals surface area contributed by atoms with Gasteiger partial charge in [-0.15, -0.1) is 0 Å². The van der Waals surface area contributed by atoms with Gasteiger partial charge < -0.3 is 10.6 Å². The van der Waals surface area contributed by atoms with E-state index in [2.05, 4.69) is 41.8 Å².